The number of nitrogens with zero attached hydrogens (tertiary/aromatic N) is 3. The molecule has 3 rings (SSSR count). The summed E-state index contributed by atoms with van der Waals surface area (Å²) in [6.45, 7) is 7.39. The predicted molar refractivity (Wildman–Crippen MR) is 155 cm³/mol. The second kappa shape index (κ2) is 17.2. The van der Waals surface area contributed by atoms with Gasteiger partial charge in [0.15, 0.2) is 0 Å². The number of anilines is 4. The highest BCUT2D eigenvalue weighted by Gasteiger charge is 2.10. The fraction of sp³-hybridized carbons (Fsp3) is 0.321. The molecule has 0 aliphatic carbocycles. The molecular formula is C28H36N8O4. The minimum atomic E-state index is -0.223. The summed E-state index contributed by atoms with van der Waals surface area (Å²) < 4.78 is 10.7. The van der Waals surface area contributed by atoms with Crippen LogP contribution in [0.3, 0.4) is 0 Å². The Bertz CT molecular complexity index is 1220. The van der Waals surface area contributed by atoms with E-state index in [4.69, 9.17) is 15.2 Å². The number of benzene rings is 2. The molecule has 12 heteroatoms. The summed E-state index contributed by atoms with van der Waals surface area (Å²) in [6.07, 6.45) is 3.24. The molecule has 6 N–H and O–H groups in total. The molecule has 0 saturated heterocycles. The fourth-order valence-corrected chi connectivity index (χ4v) is 3.45. The minimum absolute atomic E-state index is 0.223. The Morgan fingerprint density at radius 2 is 1.62 bits per heavy atom. The molecule has 0 aliphatic heterocycles. The summed E-state index contributed by atoms with van der Waals surface area (Å²) in [4.78, 5) is 36.8. The first kappa shape index (κ1) is 30.2. The average Bonchev–Trinajstić information content (AvgIpc) is 2.98. The van der Waals surface area contributed by atoms with E-state index in [0.29, 0.717) is 93.7 Å². The highest BCUT2D eigenvalue weighted by Crippen LogP contribution is 2.17. The van der Waals surface area contributed by atoms with Crippen LogP contribution in [0.15, 0.2) is 61.2 Å². The lowest BCUT2D eigenvalue weighted by atomic mass is 10.1. The van der Waals surface area contributed by atoms with E-state index in [1.54, 1.807) is 36.4 Å². The molecule has 0 atom stereocenters. The summed E-state index contributed by atoms with van der Waals surface area (Å²) in [7, 11) is 0. The number of aldehydes is 1. The van der Waals surface area contributed by atoms with E-state index in [1.165, 1.54) is 0 Å². The van der Waals surface area contributed by atoms with Gasteiger partial charge in [-0.2, -0.15) is 15.0 Å². The Hall–Kier alpha value is -4.39. The molecule has 40 heavy (non-hydrogen) atoms. The maximum absolute atomic E-state index is 12.6. The van der Waals surface area contributed by atoms with Gasteiger partial charge in [0.2, 0.25) is 17.8 Å². The van der Waals surface area contributed by atoms with Gasteiger partial charge in [-0.3, -0.25) is 9.59 Å². The van der Waals surface area contributed by atoms with Crippen LogP contribution in [0.4, 0.5) is 23.5 Å². The Balaban J connectivity index is 1.57. The molecule has 1 heterocycles. The number of carbonyl (C=O) groups is 2. The monoisotopic (exact) mass is 548 g/mol. The van der Waals surface area contributed by atoms with E-state index in [-0.39, 0.29) is 5.91 Å². The van der Waals surface area contributed by atoms with Gasteiger partial charge in [0.1, 0.15) is 6.29 Å². The number of ether oxygens (including phenoxy) is 2. The van der Waals surface area contributed by atoms with Crippen molar-refractivity contribution in [2.24, 2.45) is 5.73 Å². The number of aromatic nitrogens is 3. The molecular weight excluding hydrogens is 512 g/mol. The van der Waals surface area contributed by atoms with Crippen molar-refractivity contribution >= 4 is 35.7 Å². The first-order valence-electron chi connectivity index (χ1n) is 13.0. The van der Waals surface area contributed by atoms with Crippen LogP contribution in [0.2, 0.25) is 0 Å². The zero-order valence-corrected chi connectivity index (χ0v) is 22.4. The topological polar surface area (TPSA) is 165 Å². The average molecular weight is 549 g/mol. The number of hydrogen-bond donors (Lipinski definition) is 5. The molecule has 12 nitrogen and oxygen atoms in total. The van der Waals surface area contributed by atoms with E-state index in [1.807, 2.05) is 18.2 Å². The molecule has 212 valence electrons. The second-order valence-corrected chi connectivity index (χ2v) is 8.49. The molecule has 0 radical (unpaired) electrons. The van der Waals surface area contributed by atoms with Gasteiger partial charge in [-0.1, -0.05) is 36.4 Å². The standard InChI is InChI=1S/C28H36N8O4/c1-2-12-31-26-34-27(32-13-10-21-6-8-22(20-37)9-7-21)36-28(35-26)33-24-5-3-4-23(19-24)25(38)30-14-16-40-18-17-39-15-11-29/h2-9,19-20H,1,10-18,29H2,(H,30,38)(H3,31,32,33,34,35,36). The molecule has 2 aromatic carbocycles. The van der Waals surface area contributed by atoms with E-state index < -0.39 is 0 Å². The molecule has 0 unspecified atom stereocenters. The Kier molecular flexibility index (Phi) is 13.0. The molecule has 1 aromatic heterocycles. The molecule has 0 fully saturated rings. The summed E-state index contributed by atoms with van der Waals surface area (Å²) >= 11 is 0. The number of nitrogens with one attached hydrogen (secondary N) is 4. The molecule has 0 spiro atoms. The van der Waals surface area contributed by atoms with Gasteiger partial charge in [0.05, 0.1) is 26.4 Å². The van der Waals surface area contributed by atoms with Crippen molar-refractivity contribution in [3.8, 4) is 0 Å². The number of carbonyl (C=O) groups excluding carboxylic acids is 2. The Labute approximate surface area is 233 Å². The number of hydrogen-bond acceptors (Lipinski definition) is 11. The summed E-state index contributed by atoms with van der Waals surface area (Å²) in [5.74, 6) is 0.842. The van der Waals surface area contributed by atoms with Crippen LogP contribution in [-0.2, 0) is 15.9 Å². The lowest BCUT2D eigenvalue weighted by Gasteiger charge is -2.12. The summed E-state index contributed by atoms with van der Waals surface area (Å²) in [6, 6.07) is 14.4. The third-order valence-electron chi connectivity index (χ3n) is 5.40. The SMILES string of the molecule is C=CCNc1nc(NCCc2ccc(C=O)cc2)nc(Nc2cccc(C(=O)NCCOCCOCCN)c2)n1. The molecule has 3 aromatic rings. The van der Waals surface area contributed by atoms with Gasteiger partial charge in [-0.05, 0) is 30.2 Å². The van der Waals surface area contributed by atoms with Gasteiger partial charge >= 0.3 is 0 Å². The van der Waals surface area contributed by atoms with Crippen molar-refractivity contribution < 1.29 is 19.1 Å². The zero-order valence-electron chi connectivity index (χ0n) is 22.4. The quantitative estimate of drug-likeness (QED) is 0.0848. The summed E-state index contributed by atoms with van der Waals surface area (Å²) in [5, 5.41) is 12.3. The van der Waals surface area contributed by atoms with Crippen LogP contribution in [0.5, 0.6) is 0 Å². The molecule has 0 saturated carbocycles. The van der Waals surface area contributed by atoms with Crippen molar-refractivity contribution in [3.05, 3.63) is 77.9 Å². The van der Waals surface area contributed by atoms with Crippen molar-refractivity contribution in [2.75, 3.05) is 68.6 Å². The zero-order chi connectivity index (χ0) is 28.4. The van der Waals surface area contributed by atoms with Gasteiger partial charge in [-0.25, -0.2) is 0 Å². The second-order valence-electron chi connectivity index (χ2n) is 8.49. The van der Waals surface area contributed by atoms with E-state index in [9.17, 15) is 9.59 Å². The highest BCUT2D eigenvalue weighted by atomic mass is 16.5. The van der Waals surface area contributed by atoms with Crippen molar-refractivity contribution in [1.82, 2.24) is 20.3 Å². The largest absolute Gasteiger partial charge is 0.378 e. The fourth-order valence-electron chi connectivity index (χ4n) is 3.45. The van der Waals surface area contributed by atoms with Crippen LogP contribution in [-0.4, -0.2) is 79.8 Å². The van der Waals surface area contributed by atoms with Crippen LogP contribution in [0.25, 0.3) is 0 Å². The normalized spacial score (nSPS) is 10.5. The Morgan fingerprint density at radius 3 is 2.35 bits per heavy atom. The summed E-state index contributed by atoms with van der Waals surface area (Å²) in [5.41, 5.74) is 8.20. The van der Waals surface area contributed by atoms with Crippen LogP contribution in [0.1, 0.15) is 26.3 Å². The van der Waals surface area contributed by atoms with E-state index in [2.05, 4.69) is 42.8 Å². The van der Waals surface area contributed by atoms with E-state index >= 15 is 0 Å². The maximum Gasteiger partial charge on any atom is 0.251 e. The molecule has 0 aliphatic rings. The van der Waals surface area contributed by atoms with Gasteiger partial charge in [-0.15, -0.1) is 6.58 Å². The third-order valence-corrected chi connectivity index (χ3v) is 5.40. The predicted octanol–water partition coefficient (Wildman–Crippen LogP) is 2.40. The first-order chi connectivity index (χ1) is 19.6. The number of rotatable bonds is 19. The van der Waals surface area contributed by atoms with Crippen molar-refractivity contribution in [1.29, 1.82) is 0 Å². The number of nitrogens with two attached hydrogens (primary N) is 1. The minimum Gasteiger partial charge on any atom is -0.378 e. The van der Waals surface area contributed by atoms with Crippen molar-refractivity contribution in [2.45, 2.75) is 6.42 Å². The Morgan fingerprint density at radius 1 is 0.900 bits per heavy atom. The first-order valence-corrected chi connectivity index (χ1v) is 13.0. The van der Waals surface area contributed by atoms with E-state index in [0.717, 1.165) is 11.8 Å². The highest BCUT2D eigenvalue weighted by molar-refractivity contribution is 5.95. The van der Waals surface area contributed by atoms with Gasteiger partial charge < -0.3 is 36.5 Å². The molecule has 0 bridgehead atoms. The van der Waals surface area contributed by atoms with Crippen LogP contribution in [0, 0.1) is 0 Å². The van der Waals surface area contributed by atoms with Gasteiger partial charge in [0, 0.05) is 43.0 Å². The van der Waals surface area contributed by atoms with Crippen LogP contribution < -0.4 is 27.0 Å². The van der Waals surface area contributed by atoms with Gasteiger partial charge in [0.25, 0.3) is 5.91 Å². The molecule has 1 amide bonds. The van der Waals surface area contributed by atoms with Crippen LogP contribution >= 0.6 is 0 Å². The maximum atomic E-state index is 12.6. The number of amides is 1. The smallest absolute Gasteiger partial charge is 0.251 e. The lowest BCUT2D eigenvalue weighted by Crippen LogP contribution is -2.27. The third kappa shape index (κ3) is 10.8. The lowest BCUT2D eigenvalue weighted by molar-refractivity contribution is 0.0511. The van der Waals surface area contributed by atoms with Crippen molar-refractivity contribution in [3.63, 3.8) is 0 Å².